The molecular formula is C26H39N3O3. The van der Waals surface area contributed by atoms with Crippen LogP contribution in [0, 0.1) is 5.41 Å². The van der Waals surface area contributed by atoms with Crippen molar-refractivity contribution in [2.45, 2.75) is 70.3 Å². The molecule has 32 heavy (non-hydrogen) atoms. The molecule has 1 aliphatic carbocycles. The molecule has 4 rings (SSSR count). The van der Waals surface area contributed by atoms with Gasteiger partial charge in [0.05, 0.1) is 18.7 Å². The van der Waals surface area contributed by atoms with Crippen LogP contribution >= 0.6 is 0 Å². The lowest BCUT2D eigenvalue weighted by atomic mass is 9.75. The van der Waals surface area contributed by atoms with Gasteiger partial charge in [-0.25, -0.2) is 0 Å². The van der Waals surface area contributed by atoms with E-state index < -0.39 is 0 Å². The number of carbonyl (C=O) groups is 2. The van der Waals surface area contributed by atoms with Crippen LogP contribution in [0.1, 0.15) is 74.6 Å². The van der Waals surface area contributed by atoms with E-state index in [0.717, 1.165) is 51.6 Å². The fourth-order valence-corrected chi connectivity index (χ4v) is 5.75. The minimum Gasteiger partial charge on any atom is -0.493 e. The highest BCUT2D eigenvalue weighted by atomic mass is 16.5. The van der Waals surface area contributed by atoms with Crippen molar-refractivity contribution in [3.8, 4) is 5.75 Å². The molecule has 2 heterocycles. The van der Waals surface area contributed by atoms with E-state index in [1.165, 1.54) is 25.7 Å². The Morgan fingerprint density at radius 1 is 1.12 bits per heavy atom. The lowest BCUT2D eigenvalue weighted by Gasteiger charge is -2.44. The van der Waals surface area contributed by atoms with Crippen LogP contribution in [0.3, 0.4) is 0 Å². The van der Waals surface area contributed by atoms with Crippen LogP contribution in [-0.2, 0) is 4.79 Å². The minimum absolute atomic E-state index is 0.0372. The molecule has 6 nitrogen and oxygen atoms in total. The Balaban J connectivity index is 1.43. The number of amides is 2. The quantitative estimate of drug-likeness (QED) is 0.774. The number of fused-ring (bicyclic) bond motifs is 1. The summed E-state index contributed by atoms with van der Waals surface area (Å²) in [6.45, 7) is 3.35. The second-order valence-electron chi connectivity index (χ2n) is 10.1. The van der Waals surface area contributed by atoms with Gasteiger partial charge in [-0.15, -0.1) is 0 Å². The van der Waals surface area contributed by atoms with Gasteiger partial charge < -0.3 is 15.0 Å². The van der Waals surface area contributed by atoms with Crippen LogP contribution < -0.4 is 10.1 Å². The van der Waals surface area contributed by atoms with Gasteiger partial charge in [-0.3, -0.25) is 14.5 Å². The van der Waals surface area contributed by atoms with Gasteiger partial charge >= 0.3 is 0 Å². The molecule has 0 aromatic heterocycles. The summed E-state index contributed by atoms with van der Waals surface area (Å²) in [5.41, 5.74) is 0.565. The molecule has 2 amide bonds. The van der Waals surface area contributed by atoms with E-state index in [1.807, 2.05) is 24.3 Å². The molecule has 0 radical (unpaired) electrons. The van der Waals surface area contributed by atoms with Gasteiger partial charge in [0.1, 0.15) is 5.75 Å². The number of rotatable bonds is 3. The van der Waals surface area contributed by atoms with E-state index in [1.54, 1.807) is 0 Å². The van der Waals surface area contributed by atoms with Crippen molar-refractivity contribution >= 4 is 11.8 Å². The average molecular weight is 442 g/mol. The molecule has 2 fully saturated rings. The highest BCUT2D eigenvalue weighted by Gasteiger charge is 2.38. The molecule has 6 heteroatoms. The van der Waals surface area contributed by atoms with Gasteiger partial charge in [0, 0.05) is 31.1 Å². The number of hydrogen-bond donors (Lipinski definition) is 1. The average Bonchev–Trinajstić information content (AvgIpc) is 3.35. The fourth-order valence-electron chi connectivity index (χ4n) is 5.75. The second-order valence-corrected chi connectivity index (χ2v) is 10.1. The van der Waals surface area contributed by atoms with Crippen molar-refractivity contribution in [3.63, 3.8) is 0 Å². The number of piperidine rings is 1. The van der Waals surface area contributed by atoms with E-state index in [4.69, 9.17) is 4.74 Å². The summed E-state index contributed by atoms with van der Waals surface area (Å²) in [4.78, 5) is 30.5. The number of likely N-dealkylation sites (N-methyl/N-ethyl adjacent to an activating group) is 1. The molecule has 1 N–H and O–H groups in total. The third kappa shape index (κ3) is 5.64. The first-order chi connectivity index (χ1) is 15.6. The molecule has 2 aliphatic heterocycles. The van der Waals surface area contributed by atoms with Gasteiger partial charge in [-0.2, -0.15) is 0 Å². The Morgan fingerprint density at radius 3 is 2.75 bits per heavy atom. The maximum atomic E-state index is 13.2. The van der Waals surface area contributed by atoms with E-state index in [0.29, 0.717) is 37.1 Å². The molecule has 1 spiro atoms. The molecule has 1 atom stereocenters. The molecule has 0 bridgehead atoms. The molecule has 1 aromatic carbocycles. The van der Waals surface area contributed by atoms with Crippen molar-refractivity contribution in [2.24, 2.45) is 5.41 Å². The summed E-state index contributed by atoms with van der Waals surface area (Å²) in [5.74, 6) is 0.828. The number of carbonyl (C=O) groups excluding carboxylic acids is 2. The van der Waals surface area contributed by atoms with Gasteiger partial charge in [-0.05, 0) is 57.7 Å². The Bertz CT molecular complexity index is 792. The van der Waals surface area contributed by atoms with Crippen LogP contribution in [-0.4, -0.2) is 67.5 Å². The molecule has 1 saturated carbocycles. The Hall–Kier alpha value is -2.08. The maximum Gasteiger partial charge on any atom is 0.255 e. The van der Waals surface area contributed by atoms with E-state index in [2.05, 4.69) is 22.2 Å². The second kappa shape index (κ2) is 10.7. The first-order valence-corrected chi connectivity index (χ1v) is 12.5. The number of nitrogens with zero attached hydrogens (tertiary/aromatic N) is 2. The highest BCUT2D eigenvalue weighted by Crippen LogP contribution is 2.36. The monoisotopic (exact) mass is 441 g/mol. The molecular weight excluding hydrogens is 402 g/mol. The summed E-state index contributed by atoms with van der Waals surface area (Å²) in [7, 11) is 2.10. The predicted octanol–water partition coefficient (Wildman–Crippen LogP) is 3.85. The van der Waals surface area contributed by atoms with E-state index >= 15 is 0 Å². The van der Waals surface area contributed by atoms with Crippen molar-refractivity contribution < 1.29 is 14.3 Å². The summed E-state index contributed by atoms with van der Waals surface area (Å²) >= 11 is 0. The van der Waals surface area contributed by atoms with Gasteiger partial charge in [0.15, 0.2) is 0 Å². The van der Waals surface area contributed by atoms with Crippen LogP contribution in [0.15, 0.2) is 24.3 Å². The Kier molecular flexibility index (Phi) is 7.71. The summed E-state index contributed by atoms with van der Waals surface area (Å²) in [6, 6.07) is 8.05. The zero-order valence-electron chi connectivity index (χ0n) is 19.6. The summed E-state index contributed by atoms with van der Waals surface area (Å²) < 4.78 is 5.88. The molecule has 1 aromatic rings. The fraction of sp³-hybridized carbons (Fsp3) is 0.692. The number of para-hydroxylation sites is 1. The molecule has 1 unspecified atom stereocenters. The number of ether oxygens (including phenoxy) is 1. The van der Waals surface area contributed by atoms with E-state index in [9.17, 15) is 9.59 Å². The lowest BCUT2D eigenvalue weighted by molar-refractivity contribution is -0.136. The van der Waals surface area contributed by atoms with Crippen molar-refractivity contribution in [3.05, 3.63) is 29.8 Å². The Morgan fingerprint density at radius 2 is 1.91 bits per heavy atom. The predicted molar refractivity (Wildman–Crippen MR) is 126 cm³/mol. The van der Waals surface area contributed by atoms with Gasteiger partial charge in [0.25, 0.3) is 5.91 Å². The van der Waals surface area contributed by atoms with Crippen LogP contribution in [0.4, 0.5) is 0 Å². The zero-order valence-corrected chi connectivity index (χ0v) is 19.6. The number of likely N-dealkylation sites (tertiary alicyclic amines) is 1. The molecule has 3 aliphatic rings. The lowest BCUT2D eigenvalue weighted by Crippen LogP contribution is -2.53. The van der Waals surface area contributed by atoms with Crippen molar-refractivity contribution in [1.82, 2.24) is 15.1 Å². The number of hydrogen-bond acceptors (Lipinski definition) is 4. The largest absolute Gasteiger partial charge is 0.493 e. The third-order valence-corrected chi connectivity index (χ3v) is 7.71. The summed E-state index contributed by atoms with van der Waals surface area (Å²) in [5, 5.41) is 3.19. The van der Waals surface area contributed by atoms with E-state index in [-0.39, 0.29) is 17.2 Å². The third-order valence-electron chi connectivity index (χ3n) is 7.71. The standard InChI is InChI=1S/C26H39N3O3/c1-28(21-10-3-4-11-21)18-24(30)29-16-9-15-26(20-29)14-7-2-8-17-32-23-13-6-5-12-22(23)25(31)27-19-26/h5-6,12-13,21H,2-4,7-11,14-20H2,1H3,(H,27,31). The van der Waals surface area contributed by atoms with Gasteiger partial charge in [-0.1, -0.05) is 37.8 Å². The minimum atomic E-state index is -0.0787. The molecule has 176 valence electrons. The normalized spacial score (nSPS) is 25.6. The number of benzene rings is 1. The SMILES string of the molecule is CN(CC(=O)N1CCCC2(CCCCCOc3ccccc3C(=O)NC2)C1)C1CCCC1. The summed E-state index contributed by atoms with van der Waals surface area (Å²) in [6.07, 6.45) is 11.3. The topological polar surface area (TPSA) is 61.9 Å². The zero-order chi connectivity index (χ0) is 22.4. The smallest absolute Gasteiger partial charge is 0.255 e. The van der Waals surface area contributed by atoms with Crippen molar-refractivity contribution in [1.29, 1.82) is 0 Å². The van der Waals surface area contributed by atoms with Crippen molar-refractivity contribution in [2.75, 3.05) is 39.8 Å². The van der Waals surface area contributed by atoms with Crippen LogP contribution in [0.25, 0.3) is 0 Å². The molecule has 1 saturated heterocycles. The number of nitrogens with one attached hydrogen (secondary N) is 1. The maximum absolute atomic E-state index is 13.2. The first-order valence-electron chi connectivity index (χ1n) is 12.5. The van der Waals surface area contributed by atoms with Crippen LogP contribution in [0.5, 0.6) is 5.75 Å². The van der Waals surface area contributed by atoms with Gasteiger partial charge in [0.2, 0.25) is 5.91 Å². The first kappa shape index (κ1) is 23.1. The highest BCUT2D eigenvalue weighted by molar-refractivity contribution is 5.96. The van der Waals surface area contributed by atoms with Crippen LogP contribution in [0.2, 0.25) is 0 Å². The Labute approximate surface area is 192 Å².